The summed E-state index contributed by atoms with van der Waals surface area (Å²) in [5, 5.41) is 7.65. The number of aryl methyl sites for hydroxylation is 1. The minimum atomic E-state index is 0. The number of nitrogens with one attached hydrogen (secondary N) is 1. The van der Waals surface area contributed by atoms with Gasteiger partial charge in [-0.1, -0.05) is 0 Å². The first-order chi connectivity index (χ1) is 7.31. The Morgan fingerprint density at radius 3 is 2.82 bits per heavy atom. The molecule has 1 fully saturated rings. The van der Waals surface area contributed by atoms with Gasteiger partial charge in [-0.25, -0.2) is 0 Å². The van der Waals surface area contributed by atoms with Gasteiger partial charge in [-0.2, -0.15) is 5.10 Å². The van der Waals surface area contributed by atoms with Gasteiger partial charge in [-0.05, 0) is 12.5 Å². The summed E-state index contributed by atoms with van der Waals surface area (Å²) >= 11 is 0. The van der Waals surface area contributed by atoms with Crippen molar-refractivity contribution in [2.24, 2.45) is 13.0 Å². The first kappa shape index (κ1) is 16.7. The zero-order valence-corrected chi connectivity index (χ0v) is 11.9. The first-order valence-electron chi connectivity index (χ1n) is 5.58. The van der Waals surface area contributed by atoms with Gasteiger partial charge in [-0.3, -0.25) is 4.68 Å². The fourth-order valence-corrected chi connectivity index (χ4v) is 2.20. The molecule has 1 aromatic rings. The van der Waals surface area contributed by atoms with Crippen molar-refractivity contribution in [3.05, 3.63) is 18.0 Å². The summed E-state index contributed by atoms with van der Waals surface area (Å²) in [7, 11) is 1.96. The highest BCUT2D eigenvalue weighted by molar-refractivity contribution is 5.85. The van der Waals surface area contributed by atoms with E-state index >= 15 is 0 Å². The van der Waals surface area contributed by atoms with Gasteiger partial charge in [0.15, 0.2) is 0 Å². The molecule has 0 amide bonds. The van der Waals surface area contributed by atoms with Crippen molar-refractivity contribution in [1.29, 1.82) is 0 Å². The second-order valence-electron chi connectivity index (χ2n) is 4.13. The number of hydrogen-bond donors (Lipinski definition) is 1. The van der Waals surface area contributed by atoms with Crippen LogP contribution in [0.2, 0.25) is 0 Å². The van der Waals surface area contributed by atoms with Crippen LogP contribution in [0.1, 0.15) is 18.4 Å². The molecule has 1 N–H and O–H groups in total. The van der Waals surface area contributed by atoms with Crippen molar-refractivity contribution in [2.45, 2.75) is 12.8 Å². The summed E-state index contributed by atoms with van der Waals surface area (Å²) < 4.78 is 7.38. The Hall–Kier alpha value is -0.290. The molecule has 0 aliphatic carbocycles. The summed E-state index contributed by atoms with van der Waals surface area (Å²) in [6.07, 6.45) is 4.08. The van der Waals surface area contributed by atoms with E-state index in [1.54, 1.807) is 0 Å². The van der Waals surface area contributed by atoms with E-state index in [4.69, 9.17) is 4.74 Å². The standard InChI is InChI=1S/C11H19N3O.2ClH/c1-3-15-8-10-4-12-6-11(10)9-5-13-14(2)7-9;;/h5,7,10-12H,3-4,6,8H2,1-2H3;2*1H/t10-,11-;;/m0../s1. The molecule has 0 bridgehead atoms. The van der Waals surface area contributed by atoms with E-state index in [-0.39, 0.29) is 24.8 Å². The molecule has 0 spiro atoms. The topological polar surface area (TPSA) is 39.1 Å². The van der Waals surface area contributed by atoms with Gasteiger partial charge in [0.2, 0.25) is 0 Å². The molecule has 6 heteroatoms. The Morgan fingerprint density at radius 2 is 2.24 bits per heavy atom. The van der Waals surface area contributed by atoms with Gasteiger partial charge in [0, 0.05) is 44.8 Å². The van der Waals surface area contributed by atoms with Gasteiger partial charge in [0.25, 0.3) is 0 Å². The molecule has 0 unspecified atom stereocenters. The highest BCUT2D eigenvalue weighted by Crippen LogP contribution is 2.27. The zero-order chi connectivity index (χ0) is 10.7. The first-order valence-corrected chi connectivity index (χ1v) is 5.58. The zero-order valence-electron chi connectivity index (χ0n) is 10.3. The van der Waals surface area contributed by atoms with Crippen LogP contribution >= 0.6 is 24.8 Å². The van der Waals surface area contributed by atoms with E-state index < -0.39 is 0 Å². The molecule has 1 aliphatic rings. The number of halogens is 2. The molecule has 2 rings (SSSR count). The third-order valence-electron chi connectivity index (χ3n) is 3.03. The molecule has 4 nitrogen and oxygen atoms in total. The van der Waals surface area contributed by atoms with Gasteiger partial charge >= 0.3 is 0 Å². The van der Waals surface area contributed by atoms with Crippen LogP contribution in [-0.4, -0.2) is 36.1 Å². The Balaban J connectivity index is 0.00000128. The second kappa shape index (κ2) is 7.93. The van der Waals surface area contributed by atoms with Crippen molar-refractivity contribution >= 4 is 24.8 Å². The van der Waals surface area contributed by atoms with Crippen LogP contribution in [0.3, 0.4) is 0 Å². The van der Waals surface area contributed by atoms with Crippen LogP contribution in [-0.2, 0) is 11.8 Å². The lowest BCUT2D eigenvalue weighted by Gasteiger charge is -2.16. The fraction of sp³-hybridized carbons (Fsp3) is 0.727. The van der Waals surface area contributed by atoms with Crippen molar-refractivity contribution in [1.82, 2.24) is 15.1 Å². The van der Waals surface area contributed by atoms with Crippen LogP contribution < -0.4 is 5.32 Å². The summed E-state index contributed by atoms with van der Waals surface area (Å²) in [5.74, 6) is 1.15. The number of nitrogens with zero attached hydrogens (tertiary/aromatic N) is 2. The van der Waals surface area contributed by atoms with E-state index in [2.05, 4.69) is 16.6 Å². The van der Waals surface area contributed by atoms with Crippen LogP contribution in [0.25, 0.3) is 0 Å². The van der Waals surface area contributed by atoms with E-state index in [1.165, 1.54) is 5.56 Å². The number of hydrogen-bond acceptors (Lipinski definition) is 3. The van der Waals surface area contributed by atoms with Gasteiger partial charge < -0.3 is 10.1 Å². The lowest BCUT2D eigenvalue weighted by atomic mass is 9.92. The Bertz CT molecular complexity index is 319. The van der Waals surface area contributed by atoms with Crippen LogP contribution in [0, 0.1) is 5.92 Å². The summed E-state index contributed by atoms with van der Waals surface area (Å²) in [6.45, 7) is 5.80. The lowest BCUT2D eigenvalue weighted by Crippen LogP contribution is -2.17. The van der Waals surface area contributed by atoms with E-state index in [1.807, 2.05) is 24.9 Å². The average Bonchev–Trinajstić information content (AvgIpc) is 2.82. The predicted octanol–water partition coefficient (Wildman–Crippen LogP) is 1.60. The SMILES string of the molecule is CCOC[C@@H]1CNC[C@H]1c1cnn(C)c1.Cl.Cl. The minimum absolute atomic E-state index is 0. The van der Waals surface area contributed by atoms with Gasteiger partial charge in [0.05, 0.1) is 12.8 Å². The molecular formula is C11H21Cl2N3O. The number of rotatable bonds is 4. The highest BCUT2D eigenvalue weighted by Gasteiger charge is 2.29. The van der Waals surface area contributed by atoms with E-state index in [9.17, 15) is 0 Å². The molecule has 17 heavy (non-hydrogen) atoms. The van der Waals surface area contributed by atoms with E-state index in [0.717, 1.165) is 26.3 Å². The second-order valence-corrected chi connectivity index (χ2v) is 4.13. The molecule has 0 radical (unpaired) electrons. The minimum Gasteiger partial charge on any atom is -0.381 e. The van der Waals surface area contributed by atoms with Gasteiger partial charge in [-0.15, -0.1) is 24.8 Å². The Labute approximate surface area is 115 Å². The largest absolute Gasteiger partial charge is 0.381 e. The normalized spacial score (nSPS) is 22.9. The molecule has 0 aromatic carbocycles. The lowest BCUT2D eigenvalue weighted by molar-refractivity contribution is 0.111. The third-order valence-corrected chi connectivity index (χ3v) is 3.03. The third kappa shape index (κ3) is 4.14. The molecule has 1 aromatic heterocycles. The maximum atomic E-state index is 5.51. The highest BCUT2D eigenvalue weighted by atomic mass is 35.5. The smallest absolute Gasteiger partial charge is 0.0525 e. The quantitative estimate of drug-likeness (QED) is 0.911. The van der Waals surface area contributed by atoms with Crippen molar-refractivity contribution in [3.63, 3.8) is 0 Å². The van der Waals surface area contributed by atoms with Crippen LogP contribution in [0.5, 0.6) is 0 Å². The maximum absolute atomic E-state index is 5.51. The Kier molecular flexibility index (Phi) is 7.79. The molecule has 2 atom stereocenters. The molecule has 0 saturated carbocycles. The van der Waals surface area contributed by atoms with Crippen molar-refractivity contribution in [2.75, 3.05) is 26.3 Å². The maximum Gasteiger partial charge on any atom is 0.0525 e. The molecule has 2 heterocycles. The average molecular weight is 282 g/mol. The van der Waals surface area contributed by atoms with Crippen molar-refractivity contribution in [3.8, 4) is 0 Å². The summed E-state index contributed by atoms with van der Waals surface area (Å²) in [6, 6.07) is 0. The number of ether oxygens (including phenoxy) is 1. The van der Waals surface area contributed by atoms with E-state index in [0.29, 0.717) is 11.8 Å². The van der Waals surface area contributed by atoms with Gasteiger partial charge in [0.1, 0.15) is 0 Å². The Morgan fingerprint density at radius 1 is 1.47 bits per heavy atom. The molecule has 1 saturated heterocycles. The van der Waals surface area contributed by atoms with Crippen molar-refractivity contribution < 1.29 is 4.74 Å². The fourth-order valence-electron chi connectivity index (χ4n) is 2.20. The molecule has 100 valence electrons. The summed E-state index contributed by atoms with van der Waals surface area (Å²) in [4.78, 5) is 0. The predicted molar refractivity (Wildman–Crippen MR) is 73.3 cm³/mol. The molecule has 1 aliphatic heterocycles. The van der Waals surface area contributed by atoms with Crippen LogP contribution in [0.15, 0.2) is 12.4 Å². The van der Waals surface area contributed by atoms with Crippen LogP contribution in [0.4, 0.5) is 0 Å². The molecular weight excluding hydrogens is 261 g/mol. The summed E-state index contributed by atoms with van der Waals surface area (Å²) in [5.41, 5.74) is 1.33. The monoisotopic (exact) mass is 281 g/mol. The number of aromatic nitrogens is 2.